The van der Waals surface area contributed by atoms with Crippen LogP contribution in [0.4, 0.5) is 0 Å². The smallest absolute Gasteiger partial charge is 0.220 e. The second-order valence-corrected chi connectivity index (χ2v) is 8.29. The highest BCUT2D eigenvalue weighted by Crippen LogP contribution is 2.54. The zero-order valence-corrected chi connectivity index (χ0v) is 18.7. The van der Waals surface area contributed by atoms with Gasteiger partial charge in [-0.05, 0) is 5.56 Å². The topological polar surface area (TPSA) is 65.1 Å². The number of likely N-dealkylation sites (N-methyl/N-ethyl adjacent to an activating group) is 1. The molecule has 0 amide bonds. The van der Waals surface area contributed by atoms with Gasteiger partial charge >= 0.3 is 0 Å². The maximum Gasteiger partial charge on any atom is 0.220 e. The van der Waals surface area contributed by atoms with E-state index in [1.54, 1.807) is 6.07 Å². The fourth-order valence-electron chi connectivity index (χ4n) is 4.45. The van der Waals surface area contributed by atoms with Crippen LogP contribution >= 0.6 is 11.6 Å². The van der Waals surface area contributed by atoms with Crippen LogP contribution in [0.25, 0.3) is 0 Å². The molecule has 2 aromatic rings. The van der Waals surface area contributed by atoms with E-state index in [0.29, 0.717) is 23.7 Å². The van der Waals surface area contributed by atoms with Crippen LogP contribution in [0.3, 0.4) is 0 Å². The molecule has 0 bridgehead atoms. The summed E-state index contributed by atoms with van der Waals surface area (Å²) in [6.45, 7) is 2.36. The van der Waals surface area contributed by atoms with Crippen molar-refractivity contribution in [3.05, 3.63) is 64.3 Å². The lowest BCUT2D eigenvalue weighted by atomic mass is 9.74. The first kappa shape index (κ1) is 21.2. The van der Waals surface area contributed by atoms with Crippen molar-refractivity contribution in [2.45, 2.75) is 25.5 Å². The molecule has 2 atom stereocenters. The molecule has 1 heterocycles. The zero-order valence-electron chi connectivity index (χ0n) is 17.9. The van der Waals surface area contributed by atoms with Gasteiger partial charge in [-0.25, -0.2) is 0 Å². The minimum atomic E-state index is -1.37. The first-order valence-electron chi connectivity index (χ1n) is 10.0. The monoisotopic (exact) mass is 441 g/mol. The fraction of sp³-hybridized carbons (Fsp3) is 0.333. The number of benzene rings is 2. The Balaban J connectivity index is 1.84. The molecule has 6 nitrogen and oxygen atoms in total. The molecule has 0 fully saturated rings. The summed E-state index contributed by atoms with van der Waals surface area (Å²) >= 11 is 6.53. The van der Waals surface area contributed by atoms with Gasteiger partial charge in [-0.2, -0.15) is 0 Å². The molecule has 0 radical (unpaired) electrons. The molecule has 1 aliphatic carbocycles. The van der Waals surface area contributed by atoms with Crippen LogP contribution in [0.5, 0.6) is 17.2 Å². The molecule has 0 saturated heterocycles. The molecule has 0 saturated carbocycles. The summed E-state index contributed by atoms with van der Waals surface area (Å²) in [6, 6.07) is 11.4. The quantitative estimate of drug-likeness (QED) is 0.689. The first-order chi connectivity index (χ1) is 14.8. The summed E-state index contributed by atoms with van der Waals surface area (Å²) in [4.78, 5) is 28.3. The summed E-state index contributed by atoms with van der Waals surface area (Å²) in [7, 11) is 4.82. The van der Waals surface area contributed by atoms with Crippen molar-refractivity contribution in [1.82, 2.24) is 4.90 Å². The van der Waals surface area contributed by atoms with Gasteiger partial charge in [0.1, 0.15) is 22.1 Å². The van der Waals surface area contributed by atoms with E-state index in [0.717, 1.165) is 5.56 Å². The zero-order chi connectivity index (χ0) is 22.3. The number of carbonyl (C=O) groups excluding carboxylic acids is 2. The Hall–Kier alpha value is -2.99. The van der Waals surface area contributed by atoms with Gasteiger partial charge in [0.15, 0.2) is 11.5 Å². The van der Waals surface area contributed by atoms with Gasteiger partial charge < -0.3 is 19.1 Å². The van der Waals surface area contributed by atoms with E-state index in [4.69, 9.17) is 25.8 Å². The Kier molecular flexibility index (Phi) is 5.43. The molecule has 0 aromatic heterocycles. The summed E-state index contributed by atoms with van der Waals surface area (Å²) < 4.78 is 17.2. The molecule has 2 aromatic carbocycles. The second kappa shape index (κ2) is 7.93. The van der Waals surface area contributed by atoms with E-state index in [9.17, 15) is 9.59 Å². The number of hydrogen-bond donors (Lipinski definition) is 0. The predicted molar refractivity (Wildman–Crippen MR) is 117 cm³/mol. The Morgan fingerprint density at radius 1 is 1.16 bits per heavy atom. The molecule has 0 N–H and O–H groups in total. The summed E-state index contributed by atoms with van der Waals surface area (Å²) in [6.07, 6.45) is 1.71. The molecular weight excluding hydrogens is 418 g/mol. The van der Waals surface area contributed by atoms with Gasteiger partial charge in [0.05, 0.1) is 19.9 Å². The molecule has 1 aliphatic heterocycles. The average molecular weight is 442 g/mol. The Bertz CT molecular complexity index is 1080. The number of Topliss-reactive ketones (excluding diaryl/α,β-unsaturated/α-hetero) is 1. The van der Waals surface area contributed by atoms with E-state index in [-0.39, 0.29) is 34.3 Å². The molecular formula is C24H24ClNO5. The van der Waals surface area contributed by atoms with E-state index in [2.05, 4.69) is 0 Å². The van der Waals surface area contributed by atoms with Crippen LogP contribution in [0, 0.1) is 5.92 Å². The van der Waals surface area contributed by atoms with Crippen LogP contribution in [0.15, 0.2) is 48.2 Å². The number of fused-ring (bicyclic) bond motifs is 1. The number of ketones is 2. The fourth-order valence-corrected chi connectivity index (χ4v) is 4.71. The largest absolute Gasteiger partial charge is 0.496 e. The molecule has 7 heteroatoms. The maximum atomic E-state index is 13.9. The number of rotatable bonds is 5. The highest BCUT2D eigenvalue weighted by Gasteiger charge is 2.59. The van der Waals surface area contributed by atoms with Gasteiger partial charge in [0.2, 0.25) is 11.4 Å². The summed E-state index contributed by atoms with van der Waals surface area (Å²) in [5.74, 6) is 0.191. The third-order valence-electron chi connectivity index (χ3n) is 5.97. The minimum Gasteiger partial charge on any atom is -0.496 e. The van der Waals surface area contributed by atoms with E-state index in [1.165, 1.54) is 20.3 Å². The number of allylic oxidation sites excluding steroid dienone is 1. The Morgan fingerprint density at radius 2 is 1.84 bits per heavy atom. The van der Waals surface area contributed by atoms with Gasteiger partial charge in [0.25, 0.3) is 0 Å². The molecule has 4 rings (SSSR count). The van der Waals surface area contributed by atoms with Crippen LogP contribution in [-0.4, -0.2) is 43.3 Å². The normalized spacial score (nSPS) is 22.1. The van der Waals surface area contributed by atoms with Crippen LogP contribution in [0.2, 0.25) is 5.02 Å². The van der Waals surface area contributed by atoms with Crippen molar-refractivity contribution >= 4 is 23.2 Å². The van der Waals surface area contributed by atoms with Crippen LogP contribution in [0.1, 0.15) is 29.3 Å². The standard InChI is InChI=1S/C24H24ClNO5/c1-14-10-16(27)11-19(26(2)13-15-8-6-5-7-9-15)24(14)23(28)20-17(29-3)12-18(30-4)21(25)22(20)31-24/h5-9,11-12,14H,10,13H2,1-4H3/t14-,24+/m1/s1. The predicted octanol–water partition coefficient (Wildman–Crippen LogP) is 4.30. The maximum absolute atomic E-state index is 13.9. The van der Waals surface area contributed by atoms with Crippen molar-refractivity contribution in [3.63, 3.8) is 0 Å². The highest BCUT2D eigenvalue weighted by molar-refractivity contribution is 6.35. The Labute approximate surface area is 186 Å². The number of methoxy groups -OCH3 is 2. The van der Waals surface area contributed by atoms with Crippen molar-refractivity contribution in [3.8, 4) is 17.2 Å². The average Bonchev–Trinajstić information content (AvgIpc) is 3.06. The van der Waals surface area contributed by atoms with Gasteiger partial charge in [-0.3, -0.25) is 9.59 Å². The lowest BCUT2D eigenvalue weighted by Gasteiger charge is -2.41. The van der Waals surface area contributed by atoms with Crippen molar-refractivity contribution in [2.75, 3.05) is 21.3 Å². The van der Waals surface area contributed by atoms with E-state index >= 15 is 0 Å². The first-order valence-corrected chi connectivity index (χ1v) is 10.4. The van der Waals surface area contributed by atoms with Crippen molar-refractivity contribution in [2.24, 2.45) is 5.92 Å². The summed E-state index contributed by atoms with van der Waals surface area (Å²) in [5.41, 5.74) is 0.460. The number of carbonyl (C=O) groups is 2. The lowest BCUT2D eigenvalue weighted by Crippen LogP contribution is -2.54. The number of nitrogens with zero attached hydrogens (tertiary/aromatic N) is 1. The third kappa shape index (κ3) is 3.26. The molecule has 2 aliphatic rings. The molecule has 31 heavy (non-hydrogen) atoms. The third-order valence-corrected chi connectivity index (χ3v) is 6.33. The number of hydrogen-bond acceptors (Lipinski definition) is 6. The molecule has 1 spiro atoms. The summed E-state index contributed by atoms with van der Waals surface area (Å²) in [5, 5.41) is 0.206. The number of ether oxygens (including phenoxy) is 3. The van der Waals surface area contributed by atoms with Crippen molar-refractivity contribution in [1.29, 1.82) is 0 Å². The minimum absolute atomic E-state index is 0.0453. The van der Waals surface area contributed by atoms with E-state index in [1.807, 2.05) is 49.2 Å². The van der Waals surface area contributed by atoms with Crippen LogP contribution < -0.4 is 14.2 Å². The van der Waals surface area contributed by atoms with Gasteiger partial charge in [-0.1, -0.05) is 48.9 Å². The highest BCUT2D eigenvalue weighted by atomic mass is 35.5. The van der Waals surface area contributed by atoms with Crippen molar-refractivity contribution < 1.29 is 23.8 Å². The second-order valence-electron chi connectivity index (χ2n) is 7.91. The van der Waals surface area contributed by atoms with Crippen LogP contribution in [-0.2, 0) is 11.3 Å². The lowest BCUT2D eigenvalue weighted by molar-refractivity contribution is -0.117. The molecule has 162 valence electrons. The molecule has 0 unspecified atom stereocenters. The van der Waals surface area contributed by atoms with Gasteiger partial charge in [0, 0.05) is 38.1 Å². The van der Waals surface area contributed by atoms with Gasteiger partial charge in [-0.15, -0.1) is 0 Å². The SMILES string of the molecule is COc1cc(OC)c2c(c1Cl)O[C@]1(C2=O)C(N(C)Cc2ccccc2)=CC(=O)C[C@H]1C. The van der Waals surface area contributed by atoms with E-state index < -0.39 is 11.5 Å². The Morgan fingerprint density at radius 3 is 2.48 bits per heavy atom. The number of halogens is 1.